The van der Waals surface area contributed by atoms with Crippen molar-refractivity contribution in [3.8, 4) is 18.3 Å². The first-order valence-electron chi connectivity index (χ1n) is 2.99. The van der Waals surface area contributed by atoms with Gasteiger partial charge >= 0.3 is 29.6 Å². The maximum absolute atomic E-state index is 8.45. The second kappa shape index (κ2) is 7.46. The first kappa shape index (κ1) is 14.3. The van der Waals surface area contributed by atoms with Crippen LogP contribution < -0.4 is 29.6 Å². The minimum Gasteiger partial charge on any atom is -0.432 e. The minimum atomic E-state index is -0.165. The van der Waals surface area contributed by atoms with E-state index in [9.17, 15) is 0 Å². The van der Waals surface area contributed by atoms with Gasteiger partial charge in [-0.2, -0.15) is 10.5 Å². The van der Waals surface area contributed by atoms with Gasteiger partial charge in [-0.1, -0.05) is 0 Å². The summed E-state index contributed by atoms with van der Waals surface area (Å²) in [5, 5.41) is 28.5. The topological polar surface area (TPSA) is 88.7 Å². The molecule has 0 atom stereocenters. The third-order valence-electron chi connectivity index (χ3n) is 1.03. The Balaban J connectivity index is 0. The number of nitrogens with zero attached hydrogens (tertiary/aromatic N) is 5. The number of allylic oxidation sites excluding steroid dienone is 1. The van der Waals surface area contributed by atoms with Crippen LogP contribution in [-0.2, 0) is 0 Å². The van der Waals surface area contributed by atoms with E-state index in [0.717, 1.165) is 0 Å². The molecular formula is C7H6N5Na. The van der Waals surface area contributed by atoms with Crippen LogP contribution >= 0.6 is 0 Å². The smallest absolute Gasteiger partial charge is 0.432 e. The molecule has 0 radical (unpaired) electrons. The molecule has 0 N–H and O–H groups in total. The summed E-state index contributed by atoms with van der Waals surface area (Å²) in [6.07, 6.45) is 1.52. The molecule has 60 valence electrons. The SMILES string of the molecule is CN(C)C([N-]C#N)=C(C#N)C#N.[Na+]. The van der Waals surface area contributed by atoms with Crippen LogP contribution in [0.3, 0.4) is 0 Å². The molecule has 0 saturated carbocycles. The molecule has 0 rings (SSSR count). The third kappa shape index (κ3) is 4.40. The minimum absolute atomic E-state index is 0. The maximum atomic E-state index is 8.45. The van der Waals surface area contributed by atoms with Crippen LogP contribution in [0.1, 0.15) is 0 Å². The second-order valence-electron chi connectivity index (χ2n) is 2.03. The summed E-state index contributed by atoms with van der Waals surface area (Å²) >= 11 is 0. The zero-order valence-corrected chi connectivity index (χ0v) is 9.74. The van der Waals surface area contributed by atoms with E-state index < -0.39 is 0 Å². The number of hydrogen-bond acceptors (Lipinski definition) is 4. The van der Waals surface area contributed by atoms with Crippen LogP contribution in [0.25, 0.3) is 5.32 Å². The first-order chi connectivity index (χ1) is 5.67. The molecule has 0 amide bonds. The van der Waals surface area contributed by atoms with Crippen molar-refractivity contribution < 1.29 is 29.6 Å². The van der Waals surface area contributed by atoms with Crippen LogP contribution in [0.15, 0.2) is 11.4 Å². The summed E-state index contributed by atoms with van der Waals surface area (Å²) in [5.74, 6) is 0.0856. The van der Waals surface area contributed by atoms with Crippen molar-refractivity contribution in [1.82, 2.24) is 4.90 Å². The van der Waals surface area contributed by atoms with Gasteiger partial charge in [-0.3, -0.25) is 0 Å². The van der Waals surface area contributed by atoms with Crippen LogP contribution in [0.5, 0.6) is 0 Å². The standard InChI is InChI=1S/C7H6N5.Na/c1-12(2)7(11-5-10)6(3-8)4-9;/h1-2H3;/q-1;+1. The van der Waals surface area contributed by atoms with E-state index in [1.807, 2.05) is 0 Å². The van der Waals surface area contributed by atoms with E-state index in [1.54, 1.807) is 26.2 Å². The number of hydrogen-bond donors (Lipinski definition) is 0. The molecule has 13 heavy (non-hydrogen) atoms. The predicted molar refractivity (Wildman–Crippen MR) is 40.9 cm³/mol. The molecule has 5 nitrogen and oxygen atoms in total. The first-order valence-corrected chi connectivity index (χ1v) is 2.99. The van der Waals surface area contributed by atoms with Crippen LogP contribution in [0, 0.1) is 34.1 Å². The van der Waals surface area contributed by atoms with Crippen LogP contribution in [-0.4, -0.2) is 19.0 Å². The van der Waals surface area contributed by atoms with E-state index >= 15 is 0 Å². The Labute approximate surface area is 99.1 Å². The molecule has 6 heteroatoms. The van der Waals surface area contributed by atoms with Gasteiger partial charge < -0.3 is 15.5 Å². The Bertz CT molecular complexity index is 295. The van der Waals surface area contributed by atoms with E-state index in [1.165, 1.54) is 11.1 Å². The largest absolute Gasteiger partial charge is 1.00 e. The van der Waals surface area contributed by atoms with Crippen molar-refractivity contribution in [3.05, 3.63) is 16.7 Å². The van der Waals surface area contributed by atoms with E-state index in [0.29, 0.717) is 0 Å². The summed E-state index contributed by atoms with van der Waals surface area (Å²) in [5.41, 5.74) is -0.165. The van der Waals surface area contributed by atoms with E-state index in [-0.39, 0.29) is 41.0 Å². The van der Waals surface area contributed by atoms with Crippen LogP contribution in [0.2, 0.25) is 0 Å². The number of nitriles is 3. The van der Waals surface area contributed by atoms with Gasteiger partial charge in [-0.05, 0) is 14.1 Å². The zero-order chi connectivity index (χ0) is 9.56. The molecule has 0 unspecified atom stereocenters. The molecule has 0 aliphatic carbocycles. The molecule has 0 heterocycles. The van der Waals surface area contributed by atoms with Crippen LogP contribution in [0.4, 0.5) is 0 Å². The Kier molecular flexibility index (Phi) is 8.23. The van der Waals surface area contributed by atoms with Crippen molar-refractivity contribution in [3.63, 3.8) is 0 Å². The van der Waals surface area contributed by atoms with Gasteiger partial charge in [0.2, 0.25) is 0 Å². The van der Waals surface area contributed by atoms with Gasteiger partial charge in [-0.15, -0.1) is 0 Å². The average molecular weight is 183 g/mol. The Hall–Kier alpha value is -1.19. The fraction of sp³-hybridized carbons (Fsp3) is 0.286. The van der Waals surface area contributed by atoms with E-state index in [2.05, 4.69) is 5.32 Å². The molecule has 0 aliphatic rings. The second-order valence-corrected chi connectivity index (χ2v) is 2.03. The van der Waals surface area contributed by atoms with E-state index in [4.69, 9.17) is 15.8 Å². The van der Waals surface area contributed by atoms with Gasteiger partial charge in [0.05, 0.1) is 0 Å². The van der Waals surface area contributed by atoms with Gasteiger partial charge in [-0.25, -0.2) is 0 Å². The summed E-state index contributed by atoms with van der Waals surface area (Å²) in [7, 11) is 3.20. The van der Waals surface area contributed by atoms with Crippen molar-refractivity contribution in [2.24, 2.45) is 0 Å². The van der Waals surface area contributed by atoms with Crippen molar-refractivity contribution in [2.75, 3.05) is 14.1 Å². The van der Waals surface area contributed by atoms with Crippen molar-refractivity contribution >= 4 is 0 Å². The Morgan fingerprint density at radius 2 is 1.62 bits per heavy atom. The molecule has 0 aromatic carbocycles. The fourth-order valence-electron chi connectivity index (χ4n) is 0.552. The van der Waals surface area contributed by atoms with Crippen molar-refractivity contribution in [2.45, 2.75) is 0 Å². The Morgan fingerprint density at radius 3 is 1.85 bits per heavy atom. The molecule has 0 saturated heterocycles. The summed E-state index contributed by atoms with van der Waals surface area (Å²) in [6, 6.07) is 3.30. The monoisotopic (exact) mass is 183 g/mol. The predicted octanol–water partition coefficient (Wildman–Crippen LogP) is -2.33. The molecule has 0 spiro atoms. The fourth-order valence-corrected chi connectivity index (χ4v) is 0.552. The summed E-state index contributed by atoms with van der Waals surface area (Å²) in [6.45, 7) is 0. The number of rotatable bonds is 2. The summed E-state index contributed by atoms with van der Waals surface area (Å²) in [4.78, 5) is 1.44. The van der Waals surface area contributed by atoms with Gasteiger partial charge in [0, 0.05) is 12.0 Å². The molecule has 0 aliphatic heterocycles. The molecule has 0 aromatic heterocycles. The quantitative estimate of drug-likeness (QED) is 0.273. The average Bonchev–Trinajstić information content (AvgIpc) is 2.05. The molecule has 0 bridgehead atoms. The maximum Gasteiger partial charge on any atom is 1.00 e. The van der Waals surface area contributed by atoms with Gasteiger partial charge in [0.25, 0.3) is 0 Å². The molecule has 0 aromatic rings. The summed E-state index contributed by atoms with van der Waals surface area (Å²) < 4.78 is 0. The normalized spacial score (nSPS) is 6.38. The molecular weight excluding hydrogens is 177 g/mol. The van der Waals surface area contributed by atoms with Crippen molar-refractivity contribution in [1.29, 1.82) is 15.8 Å². The van der Waals surface area contributed by atoms with Gasteiger partial charge in [0.1, 0.15) is 17.7 Å². The molecule has 0 fully saturated rings. The zero-order valence-electron chi connectivity index (χ0n) is 7.74. The third-order valence-corrected chi connectivity index (χ3v) is 1.03. The Morgan fingerprint density at radius 1 is 1.15 bits per heavy atom. The van der Waals surface area contributed by atoms with Gasteiger partial charge in [0.15, 0.2) is 0 Å².